The molecule has 1 aliphatic rings. The Hall–Kier alpha value is -2.70. The fourth-order valence-corrected chi connectivity index (χ4v) is 2.59. The van der Waals surface area contributed by atoms with Crippen molar-refractivity contribution in [2.24, 2.45) is 0 Å². The van der Waals surface area contributed by atoms with E-state index in [1.54, 1.807) is 31.0 Å². The summed E-state index contributed by atoms with van der Waals surface area (Å²) in [5, 5.41) is 3.02. The standard InChI is InChI=1S/C16H20N6O/c1-13(14-3-2-4-17-11-14)20-16(23)22-9-7-21(8-10-22)15-12-18-5-6-19-15/h2-6,11-13H,7-10H2,1H3,(H,20,23). The molecule has 120 valence electrons. The largest absolute Gasteiger partial charge is 0.352 e. The summed E-state index contributed by atoms with van der Waals surface area (Å²) < 4.78 is 0. The zero-order valence-electron chi connectivity index (χ0n) is 13.1. The number of anilines is 1. The highest BCUT2D eigenvalue weighted by Crippen LogP contribution is 2.13. The van der Waals surface area contributed by atoms with E-state index >= 15 is 0 Å². The molecule has 1 atom stereocenters. The summed E-state index contributed by atoms with van der Waals surface area (Å²) in [6, 6.07) is 3.73. The van der Waals surface area contributed by atoms with Crippen molar-refractivity contribution in [2.45, 2.75) is 13.0 Å². The highest BCUT2D eigenvalue weighted by atomic mass is 16.2. The molecule has 0 bridgehead atoms. The van der Waals surface area contributed by atoms with Crippen LogP contribution in [0.5, 0.6) is 0 Å². The lowest BCUT2D eigenvalue weighted by atomic mass is 10.1. The van der Waals surface area contributed by atoms with Crippen LogP contribution < -0.4 is 10.2 Å². The summed E-state index contributed by atoms with van der Waals surface area (Å²) in [4.78, 5) is 28.8. The molecular weight excluding hydrogens is 292 g/mol. The predicted molar refractivity (Wildman–Crippen MR) is 87.0 cm³/mol. The van der Waals surface area contributed by atoms with Crippen LogP contribution in [0, 0.1) is 0 Å². The molecule has 0 spiro atoms. The molecule has 2 aromatic heterocycles. The molecule has 3 rings (SSSR count). The van der Waals surface area contributed by atoms with Crippen molar-refractivity contribution in [3.05, 3.63) is 48.7 Å². The maximum Gasteiger partial charge on any atom is 0.317 e. The van der Waals surface area contributed by atoms with Crippen LogP contribution in [0.2, 0.25) is 0 Å². The van der Waals surface area contributed by atoms with Gasteiger partial charge in [0.1, 0.15) is 5.82 Å². The van der Waals surface area contributed by atoms with Gasteiger partial charge in [0, 0.05) is 51.0 Å². The molecule has 23 heavy (non-hydrogen) atoms. The number of carbonyl (C=O) groups is 1. The highest BCUT2D eigenvalue weighted by Gasteiger charge is 2.23. The van der Waals surface area contributed by atoms with Crippen molar-refractivity contribution in [3.8, 4) is 0 Å². The normalized spacial score (nSPS) is 16.0. The average molecular weight is 312 g/mol. The summed E-state index contributed by atoms with van der Waals surface area (Å²) in [5.41, 5.74) is 0.999. The Bertz CT molecular complexity index is 628. The summed E-state index contributed by atoms with van der Waals surface area (Å²) in [7, 11) is 0. The van der Waals surface area contributed by atoms with Crippen molar-refractivity contribution in [3.63, 3.8) is 0 Å². The zero-order chi connectivity index (χ0) is 16.1. The van der Waals surface area contributed by atoms with Gasteiger partial charge >= 0.3 is 6.03 Å². The molecule has 1 saturated heterocycles. The van der Waals surface area contributed by atoms with E-state index in [1.165, 1.54) is 0 Å². The van der Waals surface area contributed by atoms with Gasteiger partial charge in [0.25, 0.3) is 0 Å². The van der Waals surface area contributed by atoms with Crippen molar-refractivity contribution in [2.75, 3.05) is 31.1 Å². The van der Waals surface area contributed by atoms with E-state index in [9.17, 15) is 4.79 Å². The molecule has 1 N–H and O–H groups in total. The molecule has 0 saturated carbocycles. The number of nitrogens with one attached hydrogen (secondary N) is 1. The van der Waals surface area contributed by atoms with E-state index in [4.69, 9.17) is 0 Å². The summed E-state index contributed by atoms with van der Waals surface area (Å²) in [5.74, 6) is 0.858. The van der Waals surface area contributed by atoms with Crippen LogP contribution in [0.25, 0.3) is 0 Å². The Kier molecular flexibility index (Phi) is 4.65. The second-order valence-corrected chi connectivity index (χ2v) is 5.50. The van der Waals surface area contributed by atoms with Crippen LogP contribution in [-0.4, -0.2) is 52.1 Å². The maximum absolute atomic E-state index is 12.4. The molecular formula is C16H20N6O. The number of aromatic nitrogens is 3. The minimum absolute atomic E-state index is 0.0415. The van der Waals surface area contributed by atoms with Crippen LogP contribution in [0.3, 0.4) is 0 Å². The fraction of sp³-hybridized carbons (Fsp3) is 0.375. The number of hydrogen-bond acceptors (Lipinski definition) is 5. The second-order valence-electron chi connectivity index (χ2n) is 5.50. The Labute approximate surface area is 135 Å². The van der Waals surface area contributed by atoms with Gasteiger partial charge in [-0.3, -0.25) is 9.97 Å². The van der Waals surface area contributed by atoms with Crippen molar-refractivity contribution in [1.82, 2.24) is 25.2 Å². The van der Waals surface area contributed by atoms with Gasteiger partial charge < -0.3 is 15.1 Å². The first-order valence-corrected chi connectivity index (χ1v) is 7.70. The first-order valence-electron chi connectivity index (χ1n) is 7.70. The summed E-state index contributed by atoms with van der Waals surface area (Å²) >= 11 is 0. The number of rotatable bonds is 3. The monoisotopic (exact) mass is 312 g/mol. The number of carbonyl (C=O) groups excluding carboxylic acids is 1. The number of urea groups is 1. The Morgan fingerprint density at radius 1 is 1.13 bits per heavy atom. The molecule has 3 heterocycles. The minimum atomic E-state index is -0.0609. The lowest BCUT2D eigenvalue weighted by molar-refractivity contribution is 0.191. The summed E-state index contributed by atoms with van der Waals surface area (Å²) in [6.07, 6.45) is 8.60. The molecule has 1 aliphatic heterocycles. The molecule has 1 fully saturated rings. The first kappa shape index (κ1) is 15.2. The lowest BCUT2D eigenvalue weighted by Gasteiger charge is -2.35. The number of pyridine rings is 1. The third-order valence-electron chi connectivity index (χ3n) is 3.96. The van der Waals surface area contributed by atoms with Crippen molar-refractivity contribution in [1.29, 1.82) is 0 Å². The topological polar surface area (TPSA) is 74.2 Å². The van der Waals surface area contributed by atoms with Gasteiger partial charge in [0.05, 0.1) is 12.2 Å². The Morgan fingerprint density at radius 3 is 2.57 bits per heavy atom. The summed E-state index contributed by atoms with van der Waals surface area (Å²) in [6.45, 7) is 4.82. The predicted octanol–water partition coefficient (Wildman–Crippen LogP) is 1.46. The average Bonchev–Trinajstić information content (AvgIpc) is 2.63. The number of amides is 2. The van der Waals surface area contributed by atoms with E-state index in [1.807, 2.05) is 24.0 Å². The lowest BCUT2D eigenvalue weighted by Crippen LogP contribution is -2.52. The molecule has 2 aromatic rings. The highest BCUT2D eigenvalue weighted by molar-refractivity contribution is 5.75. The van der Waals surface area contributed by atoms with Gasteiger partial charge in [0.15, 0.2) is 0 Å². The number of nitrogens with zero attached hydrogens (tertiary/aromatic N) is 5. The van der Waals surface area contributed by atoms with Gasteiger partial charge in [-0.05, 0) is 18.6 Å². The molecule has 7 nitrogen and oxygen atoms in total. The zero-order valence-corrected chi connectivity index (χ0v) is 13.1. The van der Waals surface area contributed by atoms with Gasteiger partial charge in [-0.1, -0.05) is 6.07 Å². The fourth-order valence-electron chi connectivity index (χ4n) is 2.59. The van der Waals surface area contributed by atoms with E-state index in [-0.39, 0.29) is 12.1 Å². The molecule has 0 aliphatic carbocycles. The molecule has 7 heteroatoms. The third-order valence-corrected chi connectivity index (χ3v) is 3.96. The van der Waals surface area contributed by atoms with Crippen molar-refractivity contribution >= 4 is 11.8 Å². The molecule has 2 amide bonds. The second kappa shape index (κ2) is 7.04. The number of hydrogen-bond donors (Lipinski definition) is 1. The van der Waals surface area contributed by atoms with Crippen LogP contribution >= 0.6 is 0 Å². The minimum Gasteiger partial charge on any atom is -0.352 e. The molecule has 1 unspecified atom stereocenters. The molecule has 0 aromatic carbocycles. The van der Waals surface area contributed by atoms with Gasteiger partial charge in [0.2, 0.25) is 0 Å². The van der Waals surface area contributed by atoms with Gasteiger partial charge in [-0.25, -0.2) is 9.78 Å². The van der Waals surface area contributed by atoms with Gasteiger partial charge in [-0.15, -0.1) is 0 Å². The van der Waals surface area contributed by atoms with Crippen LogP contribution in [0.4, 0.5) is 10.6 Å². The van der Waals surface area contributed by atoms with E-state index in [0.29, 0.717) is 13.1 Å². The third kappa shape index (κ3) is 3.74. The van der Waals surface area contributed by atoms with E-state index < -0.39 is 0 Å². The first-order chi connectivity index (χ1) is 11.2. The van der Waals surface area contributed by atoms with E-state index in [0.717, 1.165) is 24.5 Å². The van der Waals surface area contributed by atoms with Gasteiger partial charge in [-0.2, -0.15) is 0 Å². The van der Waals surface area contributed by atoms with Crippen molar-refractivity contribution < 1.29 is 4.79 Å². The SMILES string of the molecule is CC(NC(=O)N1CCN(c2cnccn2)CC1)c1cccnc1. The smallest absolute Gasteiger partial charge is 0.317 e. The quantitative estimate of drug-likeness (QED) is 0.929. The Morgan fingerprint density at radius 2 is 1.91 bits per heavy atom. The van der Waals surface area contributed by atoms with Crippen LogP contribution in [0.15, 0.2) is 43.1 Å². The van der Waals surface area contributed by atoms with E-state index in [2.05, 4.69) is 25.2 Å². The van der Waals surface area contributed by atoms with Crippen LogP contribution in [0.1, 0.15) is 18.5 Å². The maximum atomic E-state index is 12.4. The van der Waals surface area contributed by atoms with Crippen LogP contribution in [-0.2, 0) is 0 Å². The molecule has 0 radical (unpaired) electrons. The number of piperazine rings is 1. The Balaban J connectivity index is 1.52.